The zero-order valence-electron chi connectivity index (χ0n) is 22.4. The van der Waals surface area contributed by atoms with Crippen molar-refractivity contribution >= 4 is 0 Å². The molecule has 4 aliphatic carbocycles. The molecule has 0 aliphatic heterocycles. The topological polar surface area (TPSA) is 60.7 Å². The van der Waals surface area contributed by atoms with Gasteiger partial charge in [-0.2, -0.15) is 0 Å². The van der Waals surface area contributed by atoms with Crippen LogP contribution < -0.4 is 0 Å². The molecule has 11 atom stereocenters. The van der Waals surface area contributed by atoms with Crippen molar-refractivity contribution in [1.82, 2.24) is 0 Å². The summed E-state index contributed by atoms with van der Waals surface area (Å²) < 4.78 is 0. The lowest BCUT2D eigenvalue weighted by Crippen LogP contribution is -2.60. The number of hydrogen-bond donors (Lipinski definition) is 3. The third-order valence-corrected chi connectivity index (χ3v) is 11.6. The summed E-state index contributed by atoms with van der Waals surface area (Å²) in [6, 6.07) is 0. The van der Waals surface area contributed by atoms with Crippen molar-refractivity contribution in [2.45, 2.75) is 112 Å². The molecular weight excluding hydrogens is 408 g/mol. The molecular formula is C30H52O3. The van der Waals surface area contributed by atoms with Gasteiger partial charge in [-0.1, -0.05) is 60.6 Å². The van der Waals surface area contributed by atoms with Gasteiger partial charge >= 0.3 is 0 Å². The Balaban J connectivity index is 1.54. The van der Waals surface area contributed by atoms with Crippen LogP contribution >= 0.6 is 0 Å². The molecule has 4 saturated carbocycles. The van der Waals surface area contributed by atoms with E-state index in [2.05, 4.69) is 60.6 Å². The monoisotopic (exact) mass is 460 g/mol. The molecule has 0 saturated heterocycles. The maximum atomic E-state index is 11.2. The van der Waals surface area contributed by atoms with Crippen molar-refractivity contribution in [2.75, 3.05) is 0 Å². The Morgan fingerprint density at radius 1 is 0.697 bits per heavy atom. The van der Waals surface area contributed by atoms with Gasteiger partial charge in [0.25, 0.3) is 0 Å². The molecule has 0 unspecified atom stereocenters. The second-order valence-electron chi connectivity index (χ2n) is 13.9. The van der Waals surface area contributed by atoms with Crippen LogP contribution in [0.15, 0.2) is 12.2 Å². The second-order valence-corrected chi connectivity index (χ2v) is 13.9. The molecule has 4 aliphatic rings. The molecule has 4 fully saturated rings. The molecule has 3 heteroatoms. The summed E-state index contributed by atoms with van der Waals surface area (Å²) in [5, 5.41) is 32.1. The lowest BCUT2D eigenvalue weighted by atomic mass is 9.43. The van der Waals surface area contributed by atoms with E-state index in [9.17, 15) is 15.3 Å². The van der Waals surface area contributed by atoms with Crippen LogP contribution in [-0.2, 0) is 0 Å². The zero-order valence-corrected chi connectivity index (χ0v) is 22.4. The quantitative estimate of drug-likeness (QED) is 0.437. The van der Waals surface area contributed by atoms with E-state index >= 15 is 0 Å². The third kappa shape index (κ3) is 4.27. The highest BCUT2D eigenvalue weighted by Gasteiger charge is 2.63. The predicted octanol–water partition coefficient (Wildman–Crippen LogP) is 6.07. The summed E-state index contributed by atoms with van der Waals surface area (Å²) in [6.45, 7) is 16.7. The first kappa shape index (κ1) is 25.7. The van der Waals surface area contributed by atoms with E-state index < -0.39 is 12.2 Å². The van der Waals surface area contributed by atoms with Gasteiger partial charge in [0.05, 0.1) is 18.3 Å². The van der Waals surface area contributed by atoms with Crippen molar-refractivity contribution in [1.29, 1.82) is 0 Å². The van der Waals surface area contributed by atoms with Gasteiger partial charge in [-0.25, -0.2) is 0 Å². The fourth-order valence-electron chi connectivity index (χ4n) is 9.88. The molecule has 0 aromatic carbocycles. The number of aliphatic hydroxyl groups is 3. The van der Waals surface area contributed by atoms with E-state index in [0.717, 1.165) is 12.3 Å². The van der Waals surface area contributed by atoms with Crippen LogP contribution in [0.3, 0.4) is 0 Å². The summed E-state index contributed by atoms with van der Waals surface area (Å²) in [6.07, 6.45) is 10.6. The molecule has 0 radical (unpaired) electrons. The molecule has 0 amide bonds. The SMILES string of the molecule is CC(C)C(/C=C/[C@@H](C)[C@H]1CC[C@H]2[C@@H]3C[C@H](O)[C@H]4C[C@H](O)[C@@H](O)C[C@]4(C)[C@H]3CC[C@]12C)C(C)C. The number of aliphatic hydroxyl groups excluding tert-OH is 3. The van der Waals surface area contributed by atoms with E-state index in [4.69, 9.17) is 0 Å². The summed E-state index contributed by atoms with van der Waals surface area (Å²) in [7, 11) is 0. The minimum Gasteiger partial charge on any atom is -0.393 e. The molecule has 4 rings (SSSR count). The lowest BCUT2D eigenvalue weighted by Gasteiger charge is -2.62. The maximum Gasteiger partial charge on any atom is 0.0804 e. The lowest BCUT2D eigenvalue weighted by molar-refractivity contribution is -0.195. The number of fused-ring (bicyclic) bond motifs is 5. The van der Waals surface area contributed by atoms with Gasteiger partial charge in [-0.3, -0.25) is 0 Å². The van der Waals surface area contributed by atoms with Gasteiger partial charge in [0.1, 0.15) is 0 Å². The van der Waals surface area contributed by atoms with Crippen molar-refractivity contribution in [2.24, 2.45) is 64.1 Å². The molecule has 3 N–H and O–H groups in total. The Morgan fingerprint density at radius 3 is 1.97 bits per heavy atom. The molecule has 0 spiro atoms. The third-order valence-electron chi connectivity index (χ3n) is 11.6. The van der Waals surface area contributed by atoms with Gasteiger partial charge in [0.15, 0.2) is 0 Å². The highest BCUT2D eigenvalue weighted by atomic mass is 16.3. The van der Waals surface area contributed by atoms with E-state index in [-0.39, 0.29) is 17.4 Å². The highest BCUT2D eigenvalue weighted by Crippen LogP contribution is 2.68. The smallest absolute Gasteiger partial charge is 0.0804 e. The zero-order chi connectivity index (χ0) is 24.3. The Hall–Kier alpha value is -0.380. The van der Waals surface area contributed by atoms with Gasteiger partial charge in [-0.15, -0.1) is 0 Å². The molecule has 190 valence electrons. The van der Waals surface area contributed by atoms with E-state index in [1.807, 2.05) is 0 Å². The van der Waals surface area contributed by atoms with Crippen molar-refractivity contribution < 1.29 is 15.3 Å². The molecule has 33 heavy (non-hydrogen) atoms. The largest absolute Gasteiger partial charge is 0.393 e. The van der Waals surface area contributed by atoms with Gasteiger partial charge in [-0.05, 0) is 109 Å². The highest BCUT2D eigenvalue weighted by molar-refractivity contribution is 5.13. The van der Waals surface area contributed by atoms with Crippen LogP contribution in [0.25, 0.3) is 0 Å². The van der Waals surface area contributed by atoms with Crippen LogP contribution in [-0.4, -0.2) is 33.6 Å². The Morgan fingerprint density at radius 2 is 1.33 bits per heavy atom. The summed E-state index contributed by atoms with van der Waals surface area (Å²) in [4.78, 5) is 0. The molecule has 0 aromatic heterocycles. The Bertz CT molecular complexity index is 707. The number of allylic oxidation sites excluding steroid dienone is 2. The van der Waals surface area contributed by atoms with Crippen molar-refractivity contribution in [3.05, 3.63) is 12.2 Å². The molecule has 0 bridgehead atoms. The Labute approximate surface area is 203 Å². The van der Waals surface area contributed by atoms with Crippen LogP contribution in [0.4, 0.5) is 0 Å². The average molecular weight is 461 g/mol. The standard InChI is InChI=1S/C30H52O3/c1-17(2)20(18(3)4)9-8-19(5)22-10-11-23-21-14-26(31)25-15-27(32)28(33)16-30(25,7)24(21)12-13-29(22,23)6/h8-9,17-28,31-33H,10-16H2,1-7H3/b9-8+/t19-,21+,22-,23+,24+,25-,26+,27+,28+,29-,30-/m1/s1. The van der Waals surface area contributed by atoms with E-state index in [1.54, 1.807) is 0 Å². The molecule has 3 nitrogen and oxygen atoms in total. The average Bonchev–Trinajstić information content (AvgIpc) is 3.07. The van der Waals surface area contributed by atoms with E-state index in [1.165, 1.54) is 25.7 Å². The fraction of sp³-hybridized carbons (Fsp3) is 0.933. The second kappa shape index (κ2) is 9.25. The van der Waals surface area contributed by atoms with Gasteiger partial charge in [0.2, 0.25) is 0 Å². The minimum absolute atomic E-state index is 0.0480. The first-order valence-corrected chi connectivity index (χ1v) is 14.1. The minimum atomic E-state index is -0.674. The van der Waals surface area contributed by atoms with Crippen LogP contribution in [0.5, 0.6) is 0 Å². The Kier molecular flexibility index (Phi) is 7.20. The predicted molar refractivity (Wildman–Crippen MR) is 135 cm³/mol. The van der Waals surface area contributed by atoms with Crippen LogP contribution in [0.1, 0.15) is 93.4 Å². The van der Waals surface area contributed by atoms with Crippen LogP contribution in [0.2, 0.25) is 0 Å². The maximum absolute atomic E-state index is 11.2. The van der Waals surface area contributed by atoms with Gasteiger partial charge in [0, 0.05) is 0 Å². The summed E-state index contributed by atoms with van der Waals surface area (Å²) >= 11 is 0. The molecule has 0 aromatic rings. The number of hydrogen-bond acceptors (Lipinski definition) is 3. The van der Waals surface area contributed by atoms with Gasteiger partial charge < -0.3 is 15.3 Å². The number of rotatable bonds is 5. The molecule has 0 heterocycles. The van der Waals surface area contributed by atoms with Crippen LogP contribution in [0, 0.1) is 64.1 Å². The van der Waals surface area contributed by atoms with E-state index in [0.29, 0.717) is 59.7 Å². The normalized spacial score (nSPS) is 48.9. The first-order valence-electron chi connectivity index (χ1n) is 14.1. The fourth-order valence-corrected chi connectivity index (χ4v) is 9.88. The van der Waals surface area contributed by atoms with Crippen molar-refractivity contribution in [3.8, 4) is 0 Å². The first-order chi connectivity index (χ1) is 15.4. The van der Waals surface area contributed by atoms with Crippen molar-refractivity contribution in [3.63, 3.8) is 0 Å². The summed E-state index contributed by atoms with van der Waals surface area (Å²) in [5.41, 5.74) is 0.305. The summed E-state index contributed by atoms with van der Waals surface area (Å²) in [5.74, 6) is 5.26.